The van der Waals surface area contributed by atoms with Gasteiger partial charge in [0.2, 0.25) is 5.91 Å². The Balaban J connectivity index is 1.67. The van der Waals surface area contributed by atoms with E-state index < -0.39 is 0 Å². The lowest BCUT2D eigenvalue weighted by molar-refractivity contribution is -0.134. The van der Waals surface area contributed by atoms with E-state index in [1.165, 1.54) is 6.42 Å². The minimum absolute atomic E-state index is 0.222. The molecule has 2 fully saturated rings. The summed E-state index contributed by atoms with van der Waals surface area (Å²) in [5.74, 6) is 1.90. The molecule has 2 aliphatic heterocycles. The van der Waals surface area contributed by atoms with E-state index in [1.807, 2.05) is 18.2 Å². The van der Waals surface area contributed by atoms with Gasteiger partial charge in [-0.25, -0.2) is 0 Å². The summed E-state index contributed by atoms with van der Waals surface area (Å²) in [4.78, 5) is 17.0. The molecular weight excluding hydrogens is 310 g/mol. The van der Waals surface area contributed by atoms with Crippen molar-refractivity contribution >= 4 is 17.7 Å². The van der Waals surface area contributed by atoms with Crippen LogP contribution in [0.5, 0.6) is 0 Å². The highest BCUT2D eigenvalue weighted by molar-refractivity contribution is 7.98. The predicted molar refractivity (Wildman–Crippen MR) is 91.3 cm³/mol. The first-order valence-electron chi connectivity index (χ1n) is 8.55. The minimum Gasteiger partial charge on any atom is -0.341 e. The van der Waals surface area contributed by atoms with E-state index in [0.29, 0.717) is 12.5 Å². The van der Waals surface area contributed by atoms with Gasteiger partial charge in [-0.2, -0.15) is 0 Å². The third kappa shape index (κ3) is 3.55. The highest BCUT2D eigenvalue weighted by Gasteiger charge is 2.33. The maximum atomic E-state index is 12.7. The first-order chi connectivity index (χ1) is 11.1. The van der Waals surface area contributed by atoms with Crippen LogP contribution in [0.15, 0.2) is 5.16 Å². The molecule has 0 bridgehead atoms. The number of carbonyl (C=O) groups is 1. The first kappa shape index (κ1) is 16.8. The van der Waals surface area contributed by atoms with Crippen molar-refractivity contribution in [3.05, 3.63) is 5.82 Å². The van der Waals surface area contributed by atoms with Crippen LogP contribution in [0, 0.1) is 5.92 Å². The highest BCUT2D eigenvalue weighted by atomic mass is 32.2. The standard InChI is InChI=1S/C16H27N5OS/c1-12-6-4-9-21(10-12)14(22)11-20-8-5-7-13(20)15-17-18-16(23-3)19(15)2/h12-13H,4-11H2,1-3H3. The molecule has 0 aliphatic carbocycles. The van der Waals surface area contributed by atoms with Crippen LogP contribution in [-0.4, -0.2) is 62.9 Å². The molecule has 2 aliphatic rings. The summed E-state index contributed by atoms with van der Waals surface area (Å²) >= 11 is 1.61. The van der Waals surface area contributed by atoms with Gasteiger partial charge < -0.3 is 9.47 Å². The molecule has 1 amide bonds. The van der Waals surface area contributed by atoms with E-state index in [1.54, 1.807) is 11.8 Å². The highest BCUT2D eigenvalue weighted by Crippen LogP contribution is 2.31. The molecule has 7 heteroatoms. The molecule has 0 spiro atoms. The fourth-order valence-corrected chi connectivity index (χ4v) is 4.28. The Labute approximate surface area is 142 Å². The average Bonchev–Trinajstić information content (AvgIpc) is 3.13. The van der Waals surface area contributed by atoms with E-state index in [9.17, 15) is 4.79 Å². The second kappa shape index (κ2) is 7.21. The van der Waals surface area contributed by atoms with Crippen molar-refractivity contribution in [2.45, 2.75) is 43.8 Å². The normalized spacial score (nSPS) is 26.0. The summed E-state index contributed by atoms with van der Waals surface area (Å²) in [6.45, 7) is 5.56. The molecule has 3 heterocycles. The first-order valence-corrected chi connectivity index (χ1v) is 9.77. The third-order valence-corrected chi connectivity index (χ3v) is 5.78. The molecule has 0 saturated carbocycles. The summed E-state index contributed by atoms with van der Waals surface area (Å²) in [7, 11) is 2.02. The zero-order valence-electron chi connectivity index (χ0n) is 14.4. The van der Waals surface area contributed by atoms with Crippen LogP contribution >= 0.6 is 11.8 Å². The average molecular weight is 337 g/mol. The number of carbonyl (C=O) groups excluding carboxylic acids is 1. The Morgan fingerprint density at radius 3 is 2.74 bits per heavy atom. The molecule has 2 saturated heterocycles. The molecular formula is C16H27N5OS. The van der Waals surface area contributed by atoms with Crippen molar-refractivity contribution in [2.75, 3.05) is 32.4 Å². The summed E-state index contributed by atoms with van der Waals surface area (Å²) in [6.07, 6.45) is 6.57. The lowest BCUT2D eigenvalue weighted by Crippen LogP contribution is -2.44. The van der Waals surface area contributed by atoms with Crippen LogP contribution in [0.1, 0.15) is 44.5 Å². The van der Waals surface area contributed by atoms with Gasteiger partial charge in [-0.1, -0.05) is 18.7 Å². The molecule has 3 rings (SSSR count). The molecule has 128 valence electrons. The molecule has 0 radical (unpaired) electrons. The molecule has 2 unspecified atom stereocenters. The van der Waals surface area contributed by atoms with Gasteiger partial charge in [-0.15, -0.1) is 10.2 Å². The van der Waals surface area contributed by atoms with Gasteiger partial charge in [0.05, 0.1) is 12.6 Å². The maximum Gasteiger partial charge on any atom is 0.236 e. The SMILES string of the molecule is CSc1nnc(C2CCCN2CC(=O)N2CCCC(C)C2)n1C. The second-order valence-corrected chi connectivity index (χ2v) is 7.59. The van der Waals surface area contributed by atoms with E-state index in [0.717, 1.165) is 49.9 Å². The van der Waals surface area contributed by atoms with Gasteiger partial charge in [0.25, 0.3) is 0 Å². The molecule has 0 N–H and O–H groups in total. The Morgan fingerprint density at radius 2 is 2.04 bits per heavy atom. The van der Waals surface area contributed by atoms with Crippen LogP contribution in [-0.2, 0) is 11.8 Å². The zero-order chi connectivity index (χ0) is 16.4. The molecule has 0 aromatic carbocycles. The van der Waals surface area contributed by atoms with Gasteiger partial charge in [0, 0.05) is 20.1 Å². The van der Waals surface area contributed by atoms with Gasteiger partial charge in [0.15, 0.2) is 11.0 Å². The quantitative estimate of drug-likeness (QED) is 0.786. The Bertz CT molecular complexity index is 561. The van der Waals surface area contributed by atoms with Crippen molar-refractivity contribution in [1.29, 1.82) is 0 Å². The summed E-state index contributed by atoms with van der Waals surface area (Å²) in [6, 6.07) is 0.222. The van der Waals surface area contributed by atoms with Gasteiger partial charge in [0.1, 0.15) is 0 Å². The number of piperidine rings is 1. The van der Waals surface area contributed by atoms with Crippen molar-refractivity contribution in [3.63, 3.8) is 0 Å². The van der Waals surface area contributed by atoms with E-state index in [2.05, 4.69) is 26.6 Å². The maximum absolute atomic E-state index is 12.7. The number of hydrogen-bond donors (Lipinski definition) is 0. The summed E-state index contributed by atoms with van der Waals surface area (Å²) < 4.78 is 2.07. The molecule has 1 aromatic heterocycles. The smallest absolute Gasteiger partial charge is 0.236 e. The monoisotopic (exact) mass is 337 g/mol. The molecule has 6 nitrogen and oxygen atoms in total. The number of thioether (sulfide) groups is 1. The Morgan fingerprint density at radius 1 is 1.26 bits per heavy atom. The van der Waals surface area contributed by atoms with E-state index in [-0.39, 0.29) is 11.9 Å². The number of likely N-dealkylation sites (tertiary alicyclic amines) is 2. The van der Waals surface area contributed by atoms with E-state index >= 15 is 0 Å². The zero-order valence-corrected chi connectivity index (χ0v) is 15.2. The summed E-state index contributed by atoms with van der Waals surface area (Å²) in [5.41, 5.74) is 0. The van der Waals surface area contributed by atoms with Crippen molar-refractivity contribution < 1.29 is 4.79 Å². The number of amides is 1. The molecule has 2 atom stereocenters. The fourth-order valence-electron chi connectivity index (χ4n) is 3.79. The Kier molecular flexibility index (Phi) is 5.26. The van der Waals surface area contributed by atoms with Gasteiger partial charge in [-0.05, 0) is 44.4 Å². The summed E-state index contributed by atoms with van der Waals surface area (Å²) in [5, 5.41) is 9.56. The third-order valence-electron chi connectivity index (χ3n) is 5.06. The van der Waals surface area contributed by atoms with Gasteiger partial charge >= 0.3 is 0 Å². The second-order valence-electron chi connectivity index (χ2n) is 6.82. The Hall–Kier alpha value is -1.08. The van der Waals surface area contributed by atoms with Crippen LogP contribution in [0.4, 0.5) is 0 Å². The fraction of sp³-hybridized carbons (Fsp3) is 0.812. The van der Waals surface area contributed by atoms with Crippen LogP contribution in [0.25, 0.3) is 0 Å². The number of aromatic nitrogens is 3. The number of hydrogen-bond acceptors (Lipinski definition) is 5. The minimum atomic E-state index is 0.222. The lowest BCUT2D eigenvalue weighted by atomic mass is 10.0. The number of rotatable bonds is 4. The van der Waals surface area contributed by atoms with Crippen LogP contribution in [0.2, 0.25) is 0 Å². The topological polar surface area (TPSA) is 54.3 Å². The van der Waals surface area contributed by atoms with Crippen LogP contribution in [0.3, 0.4) is 0 Å². The van der Waals surface area contributed by atoms with Crippen molar-refractivity contribution in [3.8, 4) is 0 Å². The van der Waals surface area contributed by atoms with Crippen molar-refractivity contribution in [1.82, 2.24) is 24.6 Å². The van der Waals surface area contributed by atoms with Gasteiger partial charge in [-0.3, -0.25) is 9.69 Å². The van der Waals surface area contributed by atoms with Crippen molar-refractivity contribution in [2.24, 2.45) is 13.0 Å². The molecule has 1 aromatic rings. The predicted octanol–water partition coefficient (Wildman–Crippen LogP) is 1.93. The largest absolute Gasteiger partial charge is 0.341 e. The lowest BCUT2D eigenvalue weighted by Gasteiger charge is -2.33. The van der Waals surface area contributed by atoms with Crippen LogP contribution < -0.4 is 0 Å². The van der Waals surface area contributed by atoms with E-state index in [4.69, 9.17) is 0 Å². The number of nitrogens with zero attached hydrogens (tertiary/aromatic N) is 5. The molecule has 23 heavy (non-hydrogen) atoms.